The van der Waals surface area contributed by atoms with Crippen LogP contribution in [0.3, 0.4) is 0 Å². The fourth-order valence-electron chi connectivity index (χ4n) is 3.21. The number of halogens is 1. The molecule has 0 aliphatic carbocycles. The summed E-state index contributed by atoms with van der Waals surface area (Å²) in [7, 11) is 0. The normalized spacial score (nSPS) is 15.8. The second kappa shape index (κ2) is 5.15. The van der Waals surface area contributed by atoms with Gasteiger partial charge in [0.2, 0.25) is 0 Å². The van der Waals surface area contributed by atoms with E-state index in [2.05, 4.69) is 27.0 Å². The summed E-state index contributed by atoms with van der Waals surface area (Å²) in [5.41, 5.74) is 3.12. The number of rotatable bonds is 1. The predicted octanol–water partition coefficient (Wildman–Crippen LogP) is 4.43. The predicted molar refractivity (Wildman–Crippen MR) is 88.1 cm³/mol. The highest BCUT2D eigenvalue weighted by atomic mass is 35.5. The molecule has 4 rings (SSSR count). The third-order valence-corrected chi connectivity index (χ3v) is 4.55. The van der Waals surface area contributed by atoms with Gasteiger partial charge in [-0.05, 0) is 43.5 Å². The van der Waals surface area contributed by atoms with Gasteiger partial charge in [-0.1, -0.05) is 11.6 Å². The van der Waals surface area contributed by atoms with Crippen LogP contribution in [-0.2, 0) is 0 Å². The van der Waals surface area contributed by atoms with Crippen molar-refractivity contribution < 1.29 is 0 Å². The number of aromatic nitrogens is 2. The number of nitrogens with zero attached hydrogens (tertiary/aromatic N) is 3. The lowest BCUT2D eigenvalue weighted by atomic mass is 10.1. The van der Waals surface area contributed by atoms with Crippen LogP contribution in [0.15, 0.2) is 36.7 Å². The lowest BCUT2D eigenvalue weighted by Gasteiger charge is -2.29. The van der Waals surface area contributed by atoms with Gasteiger partial charge in [0.05, 0.1) is 16.1 Å². The molecule has 0 saturated carbocycles. The average molecular weight is 298 g/mol. The van der Waals surface area contributed by atoms with Crippen molar-refractivity contribution in [1.82, 2.24) is 9.97 Å². The molecule has 4 heteroatoms. The summed E-state index contributed by atoms with van der Waals surface area (Å²) < 4.78 is 0. The van der Waals surface area contributed by atoms with E-state index in [4.69, 9.17) is 11.6 Å². The van der Waals surface area contributed by atoms with E-state index in [9.17, 15) is 0 Å². The van der Waals surface area contributed by atoms with E-state index in [0.717, 1.165) is 29.5 Å². The first-order valence-corrected chi connectivity index (χ1v) is 7.79. The van der Waals surface area contributed by atoms with Gasteiger partial charge >= 0.3 is 0 Å². The van der Waals surface area contributed by atoms with Crippen LogP contribution < -0.4 is 4.90 Å². The van der Waals surface area contributed by atoms with E-state index in [-0.39, 0.29) is 0 Å². The molecule has 0 unspecified atom stereocenters. The zero-order valence-corrected chi connectivity index (χ0v) is 12.5. The Morgan fingerprint density at radius 3 is 2.57 bits per heavy atom. The molecule has 1 aromatic carbocycles. The zero-order valence-electron chi connectivity index (χ0n) is 11.7. The van der Waals surface area contributed by atoms with E-state index in [0.29, 0.717) is 5.02 Å². The molecule has 0 N–H and O–H groups in total. The topological polar surface area (TPSA) is 29.0 Å². The lowest BCUT2D eigenvalue weighted by molar-refractivity contribution is 0.579. The summed E-state index contributed by atoms with van der Waals surface area (Å²) in [5, 5.41) is 2.84. The molecule has 106 valence electrons. The first-order valence-electron chi connectivity index (χ1n) is 7.41. The van der Waals surface area contributed by atoms with Crippen molar-refractivity contribution in [3.63, 3.8) is 0 Å². The van der Waals surface area contributed by atoms with Crippen LogP contribution >= 0.6 is 11.6 Å². The van der Waals surface area contributed by atoms with Gasteiger partial charge in [0.25, 0.3) is 0 Å². The van der Waals surface area contributed by atoms with Gasteiger partial charge in [0.1, 0.15) is 0 Å². The first-order chi connectivity index (χ1) is 10.3. The summed E-state index contributed by atoms with van der Waals surface area (Å²) in [4.78, 5) is 11.4. The second-order valence-corrected chi connectivity index (χ2v) is 5.93. The standard InChI is InChI=1S/C17H16ClN3/c18-13-6-8-19-14-5-4-12-15(21-10-2-1-3-11-21)7-9-20-17(12)16(13)14/h4-9H,1-3,10-11H2. The van der Waals surface area contributed by atoms with Crippen LogP contribution in [0.25, 0.3) is 21.8 Å². The monoisotopic (exact) mass is 297 g/mol. The van der Waals surface area contributed by atoms with Crippen LogP contribution in [0.2, 0.25) is 5.02 Å². The van der Waals surface area contributed by atoms with E-state index < -0.39 is 0 Å². The Kier molecular flexibility index (Phi) is 3.15. The highest BCUT2D eigenvalue weighted by Gasteiger charge is 2.15. The van der Waals surface area contributed by atoms with Crippen molar-refractivity contribution in [1.29, 1.82) is 0 Å². The fourth-order valence-corrected chi connectivity index (χ4v) is 3.46. The van der Waals surface area contributed by atoms with Crippen molar-refractivity contribution in [2.75, 3.05) is 18.0 Å². The average Bonchev–Trinajstić information content (AvgIpc) is 2.55. The third kappa shape index (κ3) is 2.12. The Morgan fingerprint density at radius 1 is 0.905 bits per heavy atom. The number of hydrogen-bond acceptors (Lipinski definition) is 3. The molecule has 0 atom stereocenters. The Bertz CT molecular complexity index is 810. The van der Waals surface area contributed by atoms with Gasteiger partial charge < -0.3 is 4.90 Å². The van der Waals surface area contributed by atoms with Crippen molar-refractivity contribution in [3.8, 4) is 0 Å². The summed E-state index contributed by atoms with van der Waals surface area (Å²) in [6.45, 7) is 2.25. The largest absolute Gasteiger partial charge is 0.371 e. The molecule has 3 heterocycles. The van der Waals surface area contributed by atoms with Gasteiger partial charge in [-0.25, -0.2) is 0 Å². The van der Waals surface area contributed by atoms with E-state index in [1.54, 1.807) is 6.20 Å². The van der Waals surface area contributed by atoms with Gasteiger partial charge in [-0.15, -0.1) is 0 Å². The molecule has 3 nitrogen and oxygen atoms in total. The fraction of sp³-hybridized carbons (Fsp3) is 0.294. The summed E-state index contributed by atoms with van der Waals surface area (Å²) >= 11 is 6.38. The summed E-state index contributed by atoms with van der Waals surface area (Å²) in [6.07, 6.45) is 7.48. The molecule has 0 amide bonds. The SMILES string of the molecule is Clc1ccnc2ccc3c(N4CCCCC4)ccnc3c12. The molecular weight excluding hydrogens is 282 g/mol. The molecule has 1 fully saturated rings. The van der Waals surface area contributed by atoms with Crippen molar-refractivity contribution in [3.05, 3.63) is 41.7 Å². The highest BCUT2D eigenvalue weighted by Crippen LogP contribution is 2.34. The first kappa shape index (κ1) is 12.8. The van der Waals surface area contributed by atoms with Crippen molar-refractivity contribution >= 4 is 39.1 Å². The lowest BCUT2D eigenvalue weighted by Crippen LogP contribution is -2.29. The van der Waals surface area contributed by atoms with Crippen LogP contribution in [0, 0.1) is 0 Å². The maximum atomic E-state index is 6.38. The Hall–Kier alpha value is -1.87. The van der Waals surface area contributed by atoms with Gasteiger partial charge in [-0.3, -0.25) is 9.97 Å². The molecule has 0 radical (unpaired) electrons. The number of benzene rings is 1. The van der Waals surface area contributed by atoms with Gasteiger partial charge in [0.15, 0.2) is 0 Å². The number of piperidine rings is 1. The van der Waals surface area contributed by atoms with E-state index >= 15 is 0 Å². The number of anilines is 1. The minimum absolute atomic E-state index is 0.717. The second-order valence-electron chi connectivity index (χ2n) is 5.53. The molecule has 1 saturated heterocycles. The molecule has 1 aliphatic heterocycles. The van der Waals surface area contributed by atoms with E-state index in [1.165, 1.54) is 30.3 Å². The van der Waals surface area contributed by atoms with E-state index in [1.807, 2.05) is 18.3 Å². The Balaban J connectivity index is 1.99. The number of fused-ring (bicyclic) bond motifs is 3. The Labute approximate surface area is 128 Å². The maximum Gasteiger partial charge on any atom is 0.0831 e. The van der Waals surface area contributed by atoms with Crippen LogP contribution in [0.4, 0.5) is 5.69 Å². The highest BCUT2D eigenvalue weighted by molar-refractivity contribution is 6.37. The van der Waals surface area contributed by atoms with Crippen molar-refractivity contribution in [2.45, 2.75) is 19.3 Å². The zero-order chi connectivity index (χ0) is 14.2. The Morgan fingerprint density at radius 2 is 1.71 bits per heavy atom. The van der Waals surface area contributed by atoms with Crippen molar-refractivity contribution in [2.24, 2.45) is 0 Å². The molecule has 1 aliphatic rings. The molecule has 2 aromatic heterocycles. The summed E-state index contributed by atoms with van der Waals surface area (Å²) in [5.74, 6) is 0. The van der Waals surface area contributed by atoms with Crippen LogP contribution in [0.1, 0.15) is 19.3 Å². The molecule has 0 bridgehead atoms. The minimum atomic E-state index is 0.717. The molecular formula is C17H16ClN3. The number of hydrogen-bond donors (Lipinski definition) is 0. The number of pyridine rings is 2. The molecule has 0 spiro atoms. The molecule has 21 heavy (non-hydrogen) atoms. The smallest absolute Gasteiger partial charge is 0.0831 e. The van der Waals surface area contributed by atoms with Crippen LogP contribution in [-0.4, -0.2) is 23.1 Å². The third-order valence-electron chi connectivity index (χ3n) is 4.24. The minimum Gasteiger partial charge on any atom is -0.371 e. The van der Waals surface area contributed by atoms with Crippen LogP contribution in [0.5, 0.6) is 0 Å². The quantitative estimate of drug-likeness (QED) is 0.622. The van der Waals surface area contributed by atoms with Gasteiger partial charge in [0, 0.05) is 41.9 Å². The maximum absolute atomic E-state index is 6.38. The molecule has 3 aromatic rings. The summed E-state index contributed by atoms with van der Waals surface area (Å²) in [6, 6.07) is 8.11. The van der Waals surface area contributed by atoms with Gasteiger partial charge in [-0.2, -0.15) is 0 Å².